The van der Waals surface area contributed by atoms with Crippen LogP contribution in [0.1, 0.15) is 90.9 Å². The van der Waals surface area contributed by atoms with Crippen LogP contribution in [0.25, 0.3) is 0 Å². The van der Waals surface area contributed by atoms with E-state index in [1.807, 2.05) is 0 Å². The molecule has 0 heterocycles. The molecule has 0 bridgehead atoms. The molecule has 0 atom stereocenters. The molecule has 0 aliphatic heterocycles. The van der Waals surface area contributed by atoms with Gasteiger partial charge in [-0.05, 0) is 54.1 Å². The van der Waals surface area contributed by atoms with Crippen molar-refractivity contribution in [3.05, 3.63) is 0 Å². The van der Waals surface area contributed by atoms with Crippen molar-refractivity contribution in [1.82, 2.24) is 9.80 Å². The quantitative estimate of drug-likeness (QED) is 0.303. The molecule has 0 spiro atoms. The van der Waals surface area contributed by atoms with Crippen LogP contribution in [0, 0.1) is 0 Å². The van der Waals surface area contributed by atoms with Gasteiger partial charge in [0.25, 0.3) is 0 Å². The van der Waals surface area contributed by atoms with E-state index in [0.29, 0.717) is 0 Å². The van der Waals surface area contributed by atoms with Crippen LogP contribution in [-0.2, 0) is 10.4 Å². The lowest BCUT2D eigenvalue weighted by atomic mass is 10.1. The van der Waals surface area contributed by atoms with E-state index in [4.69, 9.17) is 17.5 Å². The number of rotatable bonds is 14. The molecule has 7 heteroatoms. The minimum atomic E-state index is -4.67. The van der Waals surface area contributed by atoms with Crippen LogP contribution in [0.2, 0.25) is 0 Å². The van der Waals surface area contributed by atoms with Crippen molar-refractivity contribution >= 4 is 10.4 Å². The molecular weight excluding hydrogens is 364 g/mol. The van der Waals surface area contributed by atoms with E-state index in [-0.39, 0.29) is 0 Å². The van der Waals surface area contributed by atoms with E-state index in [9.17, 15) is 0 Å². The zero-order chi connectivity index (χ0) is 21.6. The number of unbranched alkanes of at least 4 members (excludes halogenated alkanes) is 10. The molecule has 6 nitrogen and oxygen atoms in total. The van der Waals surface area contributed by atoms with Crippen molar-refractivity contribution in [3.8, 4) is 0 Å². The van der Waals surface area contributed by atoms with Crippen LogP contribution in [0.3, 0.4) is 0 Å². The van der Waals surface area contributed by atoms with Crippen molar-refractivity contribution in [2.75, 3.05) is 41.3 Å². The Morgan fingerprint density at radius 3 is 1.00 bits per heavy atom. The van der Waals surface area contributed by atoms with Crippen LogP contribution in [0.4, 0.5) is 0 Å². The Morgan fingerprint density at radius 1 is 0.556 bits per heavy atom. The van der Waals surface area contributed by atoms with Crippen LogP contribution in [0.5, 0.6) is 0 Å². The highest BCUT2D eigenvalue weighted by Gasteiger charge is 1.91. The fourth-order valence-electron chi connectivity index (χ4n) is 2.42. The van der Waals surface area contributed by atoms with Gasteiger partial charge in [-0.1, -0.05) is 78.1 Å². The summed E-state index contributed by atoms with van der Waals surface area (Å²) in [6, 6.07) is 0. The predicted octanol–water partition coefficient (Wildman–Crippen LogP) is 5.16. The molecule has 0 saturated heterocycles. The summed E-state index contributed by atoms with van der Waals surface area (Å²) in [5.74, 6) is 0. The maximum absolute atomic E-state index is 8.74. The second kappa shape index (κ2) is 23.8. The molecule has 168 valence electrons. The minimum Gasteiger partial charge on any atom is -0.309 e. The summed E-state index contributed by atoms with van der Waals surface area (Å²) >= 11 is 0. The standard InChI is InChI=1S/2C10H23N.H2O4S/c2*1-4-5-6-7-8-9-10-11(2)3;1-5(2,3)4/h2*4-10H2,1-3H3;(H2,1,2,3,4). The summed E-state index contributed by atoms with van der Waals surface area (Å²) in [7, 11) is 3.91. The largest absolute Gasteiger partial charge is 0.394 e. The fraction of sp³-hybridized carbons (Fsp3) is 1.00. The van der Waals surface area contributed by atoms with E-state index in [1.54, 1.807) is 0 Å². The van der Waals surface area contributed by atoms with Crippen LogP contribution in [-0.4, -0.2) is 68.6 Å². The van der Waals surface area contributed by atoms with Gasteiger partial charge in [-0.3, -0.25) is 9.11 Å². The molecule has 0 fully saturated rings. The summed E-state index contributed by atoms with van der Waals surface area (Å²) in [4.78, 5) is 4.53. The number of hydrogen-bond acceptors (Lipinski definition) is 4. The van der Waals surface area contributed by atoms with Gasteiger partial charge in [0.1, 0.15) is 0 Å². The lowest BCUT2D eigenvalue weighted by Crippen LogP contribution is -2.12. The highest BCUT2D eigenvalue weighted by Crippen LogP contribution is 2.05. The Labute approximate surface area is 170 Å². The Morgan fingerprint density at radius 2 is 0.778 bits per heavy atom. The molecule has 0 saturated carbocycles. The Bertz CT molecular complexity index is 333. The molecule has 0 amide bonds. The monoisotopic (exact) mass is 412 g/mol. The first-order chi connectivity index (χ1) is 12.5. The van der Waals surface area contributed by atoms with Gasteiger partial charge < -0.3 is 9.80 Å². The van der Waals surface area contributed by atoms with E-state index >= 15 is 0 Å². The molecule has 0 aromatic heterocycles. The summed E-state index contributed by atoms with van der Waals surface area (Å²) in [6.45, 7) is 7.04. The number of hydrogen-bond donors (Lipinski definition) is 2. The molecule has 0 unspecified atom stereocenters. The Balaban J connectivity index is -0.000000344. The molecule has 0 radical (unpaired) electrons. The van der Waals surface area contributed by atoms with Crippen molar-refractivity contribution < 1.29 is 17.5 Å². The summed E-state index contributed by atoms with van der Waals surface area (Å²) in [5, 5.41) is 0. The van der Waals surface area contributed by atoms with Gasteiger partial charge in [0.2, 0.25) is 0 Å². The Hall–Kier alpha value is -0.210. The van der Waals surface area contributed by atoms with Gasteiger partial charge in [-0.15, -0.1) is 0 Å². The molecule has 2 N–H and O–H groups in total. The molecule has 0 aliphatic rings. The lowest BCUT2D eigenvalue weighted by Gasteiger charge is -2.08. The van der Waals surface area contributed by atoms with Gasteiger partial charge in [0.05, 0.1) is 0 Å². The minimum absolute atomic E-state index is 1.26. The SMILES string of the molecule is CCCCCCCCN(C)C.CCCCCCCCN(C)C.O=S(=O)(O)O. The van der Waals surface area contributed by atoms with Gasteiger partial charge in [-0.25, -0.2) is 0 Å². The zero-order valence-electron chi connectivity index (χ0n) is 18.9. The topological polar surface area (TPSA) is 81.1 Å². The Kier molecular flexibility index (Phi) is 27.8. The second-order valence-electron chi connectivity index (χ2n) is 7.59. The molecule has 0 aromatic rings. The van der Waals surface area contributed by atoms with Crippen molar-refractivity contribution in [1.29, 1.82) is 0 Å². The molecule has 0 rings (SSSR count). The van der Waals surface area contributed by atoms with Crippen molar-refractivity contribution in [2.45, 2.75) is 90.9 Å². The van der Waals surface area contributed by atoms with Crippen LogP contribution in [0.15, 0.2) is 0 Å². The normalized spacial score (nSPS) is 11.0. The zero-order valence-corrected chi connectivity index (χ0v) is 19.7. The first kappa shape index (κ1) is 31.5. The van der Waals surface area contributed by atoms with Gasteiger partial charge >= 0.3 is 10.4 Å². The summed E-state index contributed by atoms with van der Waals surface area (Å²) in [5.41, 5.74) is 0. The smallest absolute Gasteiger partial charge is 0.309 e. The maximum atomic E-state index is 8.74. The predicted molar refractivity (Wildman–Crippen MR) is 118 cm³/mol. The fourth-order valence-corrected chi connectivity index (χ4v) is 2.42. The maximum Gasteiger partial charge on any atom is 0.394 e. The molecule has 0 aromatic carbocycles. The average molecular weight is 413 g/mol. The third-order valence-corrected chi connectivity index (χ3v) is 3.92. The third kappa shape index (κ3) is 58.5. The highest BCUT2D eigenvalue weighted by molar-refractivity contribution is 7.79. The first-order valence-corrected chi connectivity index (χ1v) is 11.9. The second-order valence-corrected chi connectivity index (χ2v) is 8.49. The van der Waals surface area contributed by atoms with E-state index < -0.39 is 10.4 Å². The summed E-state index contributed by atoms with van der Waals surface area (Å²) in [6.07, 6.45) is 16.9. The van der Waals surface area contributed by atoms with E-state index in [2.05, 4.69) is 51.8 Å². The highest BCUT2D eigenvalue weighted by atomic mass is 32.3. The molecular formula is C20H48N2O4S. The van der Waals surface area contributed by atoms with E-state index in [0.717, 1.165) is 0 Å². The molecule has 27 heavy (non-hydrogen) atoms. The number of nitrogens with zero attached hydrogens (tertiary/aromatic N) is 2. The van der Waals surface area contributed by atoms with Crippen molar-refractivity contribution in [3.63, 3.8) is 0 Å². The van der Waals surface area contributed by atoms with E-state index in [1.165, 1.54) is 90.1 Å². The van der Waals surface area contributed by atoms with Gasteiger partial charge in [-0.2, -0.15) is 8.42 Å². The van der Waals surface area contributed by atoms with Crippen molar-refractivity contribution in [2.24, 2.45) is 0 Å². The van der Waals surface area contributed by atoms with Gasteiger partial charge in [0, 0.05) is 0 Å². The average Bonchev–Trinajstić information content (AvgIpc) is 2.53. The van der Waals surface area contributed by atoms with Crippen LogP contribution >= 0.6 is 0 Å². The lowest BCUT2D eigenvalue weighted by molar-refractivity contribution is 0.381. The first-order valence-electron chi connectivity index (χ1n) is 10.5. The third-order valence-electron chi connectivity index (χ3n) is 3.92. The van der Waals surface area contributed by atoms with Crippen LogP contribution < -0.4 is 0 Å². The van der Waals surface area contributed by atoms with Gasteiger partial charge in [0.15, 0.2) is 0 Å². The molecule has 0 aliphatic carbocycles. The summed E-state index contributed by atoms with van der Waals surface area (Å²) < 4.78 is 31.6.